The van der Waals surface area contributed by atoms with Crippen LogP contribution in [0.2, 0.25) is 10.0 Å². The van der Waals surface area contributed by atoms with E-state index in [0.29, 0.717) is 23.7 Å². The normalized spacial score (nSPS) is 15.2. The molecule has 0 bridgehead atoms. The van der Waals surface area contributed by atoms with Gasteiger partial charge in [0.05, 0.1) is 22.0 Å². The van der Waals surface area contributed by atoms with Gasteiger partial charge in [0.15, 0.2) is 16.8 Å². The van der Waals surface area contributed by atoms with Crippen molar-refractivity contribution in [1.29, 1.82) is 0 Å². The molecule has 9 heteroatoms. The first kappa shape index (κ1) is 21.3. The number of rotatable bonds is 5. The van der Waals surface area contributed by atoms with Gasteiger partial charge < -0.3 is 13.7 Å². The smallest absolute Gasteiger partial charge is 0.296 e. The predicted octanol–water partition coefficient (Wildman–Crippen LogP) is 5.71. The maximum atomic E-state index is 13.6. The molecular formula is C24H16Cl2N2O5. The van der Waals surface area contributed by atoms with Crippen molar-refractivity contribution in [1.82, 2.24) is 5.16 Å². The van der Waals surface area contributed by atoms with Crippen LogP contribution in [-0.2, 0) is 0 Å². The Morgan fingerprint density at radius 1 is 1.18 bits per heavy atom. The number of benzene rings is 2. The third-order valence-electron chi connectivity index (χ3n) is 5.32. The predicted molar refractivity (Wildman–Crippen MR) is 125 cm³/mol. The topological polar surface area (TPSA) is 85.8 Å². The number of aryl methyl sites for hydroxylation is 1. The van der Waals surface area contributed by atoms with E-state index in [1.807, 2.05) is 0 Å². The van der Waals surface area contributed by atoms with Crippen LogP contribution in [-0.4, -0.2) is 17.7 Å². The molecule has 1 aliphatic rings. The second-order valence-electron chi connectivity index (χ2n) is 7.48. The fourth-order valence-electron chi connectivity index (χ4n) is 3.92. The van der Waals surface area contributed by atoms with Crippen molar-refractivity contribution in [3.8, 4) is 5.75 Å². The Balaban J connectivity index is 1.74. The lowest BCUT2D eigenvalue weighted by Gasteiger charge is -2.22. The first-order valence-corrected chi connectivity index (χ1v) is 10.7. The molecule has 4 aromatic rings. The molecule has 5 rings (SSSR count). The van der Waals surface area contributed by atoms with Crippen molar-refractivity contribution in [2.75, 3.05) is 11.5 Å². The van der Waals surface area contributed by atoms with Gasteiger partial charge in [-0.1, -0.05) is 53.1 Å². The highest BCUT2D eigenvalue weighted by atomic mass is 35.5. The van der Waals surface area contributed by atoms with E-state index in [0.717, 1.165) is 0 Å². The van der Waals surface area contributed by atoms with Gasteiger partial charge in [0.2, 0.25) is 5.76 Å². The van der Waals surface area contributed by atoms with Gasteiger partial charge in [0.1, 0.15) is 18.1 Å². The second kappa shape index (κ2) is 8.10. The number of ether oxygens (including phenoxy) is 1. The zero-order chi connectivity index (χ0) is 23.3. The van der Waals surface area contributed by atoms with Crippen molar-refractivity contribution < 1.29 is 18.5 Å². The maximum Gasteiger partial charge on any atom is 0.296 e. The summed E-state index contributed by atoms with van der Waals surface area (Å²) in [5.41, 5.74) is 0.534. The van der Waals surface area contributed by atoms with Crippen LogP contribution in [0.4, 0.5) is 5.82 Å². The summed E-state index contributed by atoms with van der Waals surface area (Å²) in [5.74, 6) is 0.763. The molecule has 0 N–H and O–H groups in total. The molecule has 0 radical (unpaired) electrons. The molecule has 0 unspecified atom stereocenters. The third kappa shape index (κ3) is 3.50. The van der Waals surface area contributed by atoms with Gasteiger partial charge >= 0.3 is 0 Å². The highest BCUT2D eigenvalue weighted by molar-refractivity contribution is 6.38. The Morgan fingerprint density at radius 2 is 1.94 bits per heavy atom. The largest absolute Gasteiger partial charge is 0.490 e. The fourth-order valence-corrected chi connectivity index (χ4v) is 4.45. The van der Waals surface area contributed by atoms with Crippen molar-refractivity contribution in [2.24, 2.45) is 0 Å². The lowest BCUT2D eigenvalue weighted by Crippen LogP contribution is -2.29. The van der Waals surface area contributed by atoms with E-state index in [-0.39, 0.29) is 38.2 Å². The molecule has 0 saturated carbocycles. The lowest BCUT2D eigenvalue weighted by molar-refractivity contribution is 0.0969. The Kier molecular flexibility index (Phi) is 5.23. The van der Waals surface area contributed by atoms with Crippen molar-refractivity contribution in [2.45, 2.75) is 13.0 Å². The van der Waals surface area contributed by atoms with Gasteiger partial charge in [0.25, 0.3) is 5.91 Å². The van der Waals surface area contributed by atoms with E-state index in [1.165, 1.54) is 17.0 Å². The fraction of sp³-hybridized carbons (Fsp3) is 0.125. The minimum Gasteiger partial charge on any atom is -0.490 e. The summed E-state index contributed by atoms with van der Waals surface area (Å²) in [6.45, 7) is 5.70. The van der Waals surface area contributed by atoms with Crippen LogP contribution in [0.15, 0.2) is 68.9 Å². The van der Waals surface area contributed by atoms with Gasteiger partial charge in [-0.2, -0.15) is 0 Å². The summed E-state index contributed by atoms with van der Waals surface area (Å²) >= 11 is 12.4. The highest BCUT2D eigenvalue weighted by Gasteiger charge is 2.45. The molecule has 1 aliphatic heterocycles. The summed E-state index contributed by atoms with van der Waals surface area (Å²) in [6, 6.07) is 10.8. The molecule has 1 amide bonds. The monoisotopic (exact) mass is 482 g/mol. The van der Waals surface area contributed by atoms with E-state index in [4.69, 9.17) is 36.9 Å². The lowest BCUT2D eigenvalue weighted by atomic mass is 9.98. The van der Waals surface area contributed by atoms with Crippen LogP contribution in [0.5, 0.6) is 5.75 Å². The number of aromatic nitrogens is 1. The average molecular weight is 483 g/mol. The van der Waals surface area contributed by atoms with Crippen LogP contribution in [0.3, 0.4) is 0 Å². The second-order valence-corrected chi connectivity index (χ2v) is 8.32. The first-order valence-electron chi connectivity index (χ1n) is 9.95. The number of carbonyl (C=O) groups excluding carboxylic acids is 1. The highest BCUT2D eigenvalue weighted by Crippen LogP contribution is 2.42. The van der Waals surface area contributed by atoms with Gasteiger partial charge in [0, 0.05) is 11.1 Å². The summed E-state index contributed by atoms with van der Waals surface area (Å²) in [4.78, 5) is 28.5. The maximum absolute atomic E-state index is 13.6. The van der Waals surface area contributed by atoms with Crippen LogP contribution in [0.25, 0.3) is 11.0 Å². The molecule has 0 fully saturated rings. The Morgan fingerprint density at radius 3 is 2.61 bits per heavy atom. The average Bonchev–Trinajstić information content (AvgIpc) is 3.34. The molecular weight excluding hydrogens is 467 g/mol. The van der Waals surface area contributed by atoms with E-state index >= 15 is 0 Å². The quantitative estimate of drug-likeness (QED) is 0.338. The Bertz CT molecular complexity index is 1470. The van der Waals surface area contributed by atoms with E-state index < -0.39 is 17.4 Å². The van der Waals surface area contributed by atoms with E-state index in [2.05, 4.69) is 11.7 Å². The molecule has 0 spiro atoms. The number of fused-ring (bicyclic) bond motifs is 2. The minimum absolute atomic E-state index is 0.100. The van der Waals surface area contributed by atoms with Crippen LogP contribution < -0.4 is 15.1 Å². The van der Waals surface area contributed by atoms with Crippen LogP contribution in [0, 0.1) is 6.92 Å². The third-order valence-corrected chi connectivity index (χ3v) is 5.82. The number of anilines is 1. The number of hydrogen-bond acceptors (Lipinski definition) is 6. The molecule has 2 aromatic heterocycles. The zero-order valence-corrected chi connectivity index (χ0v) is 18.8. The number of amides is 1. The van der Waals surface area contributed by atoms with Gasteiger partial charge in [-0.25, -0.2) is 0 Å². The molecule has 0 aliphatic carbocycles. The molecule has 3 heterocycles. The number of carbonyl (C=O) groups is 1. The van der Waals surface area contributed by atoms with Crippen molar-refractivity contribution in [3.05, 3.63) is 98.0 Å². The van der Waals surface area contributed by atoms with Crippen LogP contribution >= 0.6 is 23.2 Å². The number of hydrogen-bond donors (Lipinski definition) is 0. The Labute approximate surface area is 197 Å². The SMILES string of the molecule is C=CCOc1ccc([C@@H]2c3c(oc4c(Cl)cc(Cl)cc4c3=O)C(=O)N2c2cc(C)on2)cc1. The minimum atomic E-state index is -0.802. The molecule has 0 saturated heterocycles. The van der Waals surface area contributed by atoms with E-state index in [1.54, 1.807) is 43.3 Å². The van der Waals surface area contributed by atoms with E-state index in [9.17, 15) is 9.59 Å². The summed E-state index contributed by atoms with van der Waals surface area (Å²) in [7, 11) is 0. The standard InChI is InChI=1S/C24H16Cl2N2O5/c1-3-8-31-15-6-4-13(5-7-15)20-19-21(29)16-10-14(25)11-17(26)22(16)32-23(19)24(30)28(20)18-9-12(2)33-27-18/h3-7,9-11,20H,1,8H2,2H3/t20-/m1/s1. The number of halogens is 2. The first-order chi connectivity index (χ1) is 15.9. The van der Waals surface area contributed by atoms with Gasteiger partial charge in [-0.15, -0.1) is 0 Å². The summed E-state index contributed by atoms with van der Waals surface area (Å²) in [6.07, 6.45) is 1.64. The Hall–Kier alpha value is -3.55. The van der Waals surface area contributed by atoms with Crippen molar-refractivity contribution >= 4 is 45.9 Å². The summed E-state index contributed by atoms with van der Waals surface area (Å²) < 4.78 is 16.6. The molecule has 1 atom stereocenters. The molecule has 166 valence electrons. The van der Waals surface area contributed by atoms with Gasteiger partial charge in [-0.05, 0) is 36.8 Å². The van der Waals surface area contributed by atoms with Gasteiger partial charge in [-0.3, -0.25) is 14.5 Å². The zero-order valence-electron chi connectivity index (χ0n) is 17.3. The molecule has 7 nitrogen and oxygen atoms in total. The van der Waals surface area contributed by atoms with Crippen molar-refractivity contribution in [3.63, 3.8) is 0 Å². The van der Waals surface area contributed by atoms with Crippen LogP contribution in [0.1, 0.15) is 33.5 Å². The number of nitrogens with zero attached hydrogens (tertiary/aromatic N) is 2. The summed E-state index contributed by atoms with van der Waals surface area (Å²) in [5, 5.41) is 4.61. The molecule has 33 heavy (non-hydrogen) atoms. The molecule has 2 aromatic carbocycles.